The summed E-state index contributed by atoms with van der Waals surface area (Å²) < 4.78 is 0. The SMILES string of the molecule is CC#Cc1nc(Cl)cc(N)c1N. The first-order valence-corrected chi connectivity index (χ1v) is 3.67. The van der Waals surface area contributed by atoms with Crippen LogP contribution in [-0.4, -0.2) is 4.98 Å². The fourth-order valence-electron chi connectivity index (χ4n) is 0.756. The zero-order valence-electron chi connectivity index (χ0n) is 6.56. The van der Waals surface area contributed by atoms with Gasteiger partial charge in [0.05, 0.1) is 11.4 Å². The Morgan fingerprint density at radius 2 is 2.17 bits per heavy atom. The zero-order valence-corrected chi connectivity index (χ0v) is 7.31. The summed E-state index contributed by atoms with van der Waals surface area (Å²) in [5.74, 6) is 5.38. The molecule has 0 radical (unpaired) electrons. The van der Waals surface area contributed by atoms with Crippen LogP contribution in [0.2, 0.25) is 5.15 Å². The fraction of sp³-hybridized carbons (Fsp3) is 0.125. The van der Waals surface area contributed by atoms with Gasteiger partial charge in [-0.15, -0.1) is 0 Å². The second kappa shape index (κ2) is 3.33. The fourth-order valence-corrected chi connectivity index (χ4v) is 0.958. The number of nitrogens with zero attached hydrogens (tertiary/aromatic N) is 1. The number of halogens is 1. The van der Waals surface area contributed by atoms with Crippen molar-refractivity contribution in [2.45, 2.75) is 6.92 Å². The number of aromatic nitrogens is 1. The van der Waals surface area contributed by atoms with Crippen molar-refractivity contribution < 1.29 is 0 Å². The van der Waals surface area contributed by atoms with E-state index in [4.69, 9.17) is 23.1 Å². The molecule has 4 N–H and O–H groups in total. The average Bonchev–Trinajstić information content (AvgIpc) is 2.00. The van der Waals surface area contributed by atoms with Crippen molar-refractivity contribution in [2.24, 2.45) is 0 Å². The smallest absolute Gasteiger partial charge is 0.139 e. The van der Waals surface area contributed by atoms with Crippen molar-refractivity contribution >= 4 is 23.0 Å². The van der Waals surface area contributed by atoms with E-state index in [2.05, 4.69) is 16.8 Å². The molecule has 1 aromatic heterocycles. The lowest BCUT2D eigenvalue weighted by molar-refractivity contribution is 1.29. The highest BCUT2D eigenvalue weighted by Crippen LogP contribution is 2.20. The molecular weight excluding hydrogens is 174 g/mol. The zero-order chi connectivity index (χ0) is 9.14. The van der Waals surface area contributed by atoms with Gasteiger partial charge in [0.2, 0.25) is 0 Å². The van der Waals surface area contributed by atoms with Crippen molar-refractivity contribution in [3.8, 4) is 11.8 Å². The highest BCUT2D eigenvalue weighted by molar-refractivity contribution is 6.29. The van der Waals surface area contributed by atoms with E-state index >= 15 is 0 Å². The third-order valence-electron chi connectivity index (χ3n) is 1.30. The molecule has 0 atom stereocenters. The predicted octanol–water partition coefficient (Wildman–Crippen LogP) is 1.27. The summed E-state index contributed by atoms with van der Waals surface area (Å²) in [6.45, 7) is 1.69. The normalized spacial score (nSPS) is 8.83. The van der Waals surface area contributed by atoms with E-state index in [0.29, 0.717) is 22.2 Å². The van der Waals surface area contributed by atoms with Gasteiger partial charge in [-0.05, 0) is 12.8 Å². The molecule has 0 aromatic carbocycles. The monoisotopic (exact) mass is 181 g/mol. The van der Waals surface area contributed by atoms with Crippen LogP contribution in [0, 0.1) is 11.8 Å². The summed E-state index contributed by atoms with van der Waals surface area (Å²) >= 11 is 5.64. The van der Waals surface area contributed by atoms with E-state index in [1.165, 1.54) is 6.07 Å². The summed E-state index contributed by atoms with van der Waals surface area (Å²) in [6.07, 6.45) is 0. The molecule has 12 heavy (non-hydrogen) atoms. The molecule has 0 aliphatic rings. The summed E-state index contributed by atoms with van der Waals surface area (Å²) in [4.78, 5) is 3.91. The molecule has 0 bridgehead atoms. The Balaban J connectivity index is 3.34. The third-order valence-corrected chi connectivity index (χ3v) is 1.50. The summed E-state index contributed by atoms with van der Waals surface area (Å²) in [6, 6.07) is 1.50. The van der Waals surface area contributed by atoms with Crippen molar-refractivity contribution in [3.63, 3.8) is 0 Å². The first-order valence-electron chi connectivity index (χ1n) is 3.29. The molecule has 3 nitrogen and oxygen atoms in total. The van der Waals surface area contributed by atoms with Gasteiger partial charge in [0.15, 0.2) is 0 Å². The summed E-state index contributed by atoms with van der Waals surface area (Å²) in [5, 5.41) is 0.305. The highest BCUT2D eigenvalue weighted by atomic mass is 35.5. The van der Waals surface area contributed by atoms with Crippen LogP contribution in [0.1, 0.15) is 12.6 Å². The van der Waals surface area contributed by atoms with Crippen LogP contribution in [-0.2, 0) is 0 Å². The van der Waals surface area contributed by atoms with Crippen LogP contribution in [0.5, 0.6) is 0 Å². The lowest BCUT2D eigenvalue weighted by atomic mass is 10.2. The van der Waals surface area contributed by atoms with E-state index in [-0.39, 0.29) is 0 Å². The molecule has 1 aromatic rings. The second-order valence-electron chi connectivity index (χ2n) is 2.17. The Morgan fingerprint density at radius 1 is 1.50 bits per heavy atom. The van der Waals surface area contributed by atoms with Crippen LogP contribution < -0.4 is 11.5 Å². The number of pyridine rings is 1. The minimum absolute atomic E-state index is 0.305. The van der Waals surface area contributed by atoms with Crippen LogP contribution in [0.3, 0.4) is 0 Å². The van der Waals surface area contributed by atoms with E-state index in [9.17, 15) is 0 Å². The topological polar surface area (TPSA) is 64.9 Å². The quantitative estimate of drug-likeness (QED) is 0.468. The maximum atomic E-state index is 5.64. The molecule has 0 unspecified atom stereocenters. The van der Waals surface area contributed by atoms with Crippen LogP contribution in [0.15, 0.2) is 6.07 Å². The predicted molar refractivity (Wildman–Crippen MR) is 50.6 cm³/mol. The Hall–Kier alpha value is -1.40. The lowest BCUT2D eigenvalue weighted by Crippen LogP contribution is -2.00. The minimum Gasteiger partial charge on any atom is -0.397 e. The maximum absolute atomic E-state index is 5.64. The Labute approximate surface area is 75.7 Å². The Kier molecular flexibility index (Phi) is 2.41. The molecular formula is C8H8ClN3. The number of rotatable bonds is 0. The standard InChI is InChI=1S/C8H8ClN3/c1-2-3-6-8(11)5(10)4-7(9)12-6/h4H,11H2,1H3,(H2,10,12). The molecule has 0 fully saturated rings. The summed E-state index contributed by atoms with van der Waals surface area (Å²) in [7, 11) is 0. The number of anilines is 2. The Bertz CT molecular complexity index is 363. The van der Waals surface area contributed by atoms with Crippen LogP contribution in [0.4, 0.5) is 11.4 Å². The van der Waals surface area contributed by atoms with Gasteiger partial charge in [-0.1, -0.05) is 17.5 Å². The van der Waals surface area contributed by atoms with E-state index < -0.39 is 0 Å². The minimum atomic E-state index is 0.305. The van der Waals surface area contributed by atoms with Crippen LogP contribution >= 0.6 is 11.6 Å². The number of hydrogen-bond donors (Lipinski definition) is 2. The molecule has 4 heteroatoms. The second-order valence-corrected chi connectivity index (χ2v) is 2.56. The van der Waals surface area contributed by atoms with Gasteiger partial charge in [0, 0.05) is 6.07 Å². The number of nitrogen functional groups attached to an aromatic ring is 2. The molecule has 1 rings (SSSR count). The van der Waals surface area contributed by atoms with Gasteiger partial charge in [-0.25, -0.2) is 4.98 Å². The third kappa shape index (κ3) is 1.60. The molecule has 62 valence electrons. The highest BCUT2D eigenvalue weighted by Gasteiger charge is 2.03. The largest absolute Gasteiger partial charge is 0.397 e. The lowest BCUT2D eigenvalue weighted by Gasteiger charge is -2.01. The van der Waals surface area contributed by atoms with Gasteiger partial charge in [0.1, 0.15) is 10.8 Å². The first-order chi connectivity index (χ1) is 5.65. The molecule has 0 saturated heterocycles. The molecule has 0 aliphatic heterocycles. The summed E-state index contributed by atoms with van der Waals surface area (Å²) in [5.41, 5.74) is 12.3. The molecule has 0 amide bonds. The van der Waals surface area contributed by atoms with Gasteiger partial charge < -0.3 is 11.5 Å². The first kappa shape index (κ1) is 8.69. The number of nitrogens with two attached hydrogens (primary N) is 2. The Morgan fingerprint density at radius 3 is 2.75 bits per heavy atom. The van der Waals surface area contributed by atoms with Crippen molar-refractivity contribution in [3.05, 3.63) is 16.9 Å². The van der Waals surface area contributed by atoms with Gasteiger partial charge in [-0.2, -0.15) is 0 Å². The number of hydrogen-bond acceptors (Lipinski definition) is 3. The molecule has 1 heterocycles. The average molecular weight is 182 g/mol. The molecule has 0 saturated carbocycles. The van der Waals surface area contributed by atoms with Gasteiger partial charge in [-0.3, -0.25) is 0 Å². The molecule has 0 spiro atoms. The molecule has 0 aliphatic carbocycles. The van der Waals surface area contributed by atoms with Gasteiger partial charge >= 0.3 is 0 Å². The van der Waals surface area contributed by atoms with E-state index in [0.717, 1.165) is 0 Å². The van der Waals surface area contributed by atoms with Crippen molar-refractivity contribution in [2.75, 3.05) is 11.5 Å². The van der Waals surface area contributed by atoms with Crippen molar-refractivity contribution in [1.29, 1.82) is 0 Å². The van der Waals surface area contributed by atoms with Gasteiger partial charge in [0.25, 0.3) is 0 Å². The maximum Gasteiger partial charge on any atom is 0.139 e. The van der Waals surface area contributed by atoms with E-state index in [1.807, 2.05) is 0 Å². The van der Waals surface area contributed by atoms with Crippen molar-refractivity contribution in [1.82, 2.24) is 4.98 Å². The van der Waals surface area contributed by atoms with Crippen LogP contribution in [0.25, 0.3) is 0 Å². The van der Waals surface area contributed by atoms with E-state index in [1.54, 1.807) is 6.92 Å².